The molecule has 0 bridgehead atoms. The number of tetrazole rings is 1. The summed E-state index contributed by atoms with van der Waals surface area (Å²) in [4.78, 5) is 0. The second-order valence-electron chi connectivity index (χ2n) is 4.15. The Kier molecular flexibility index (Phi) is 4.09. The van der Waals surface area contributed by atoms with Gasteiger partial charge in [-0.1, -0.05) is 11.8 Å². The lowest BCUT2D eigenvalue weighted by molar-refractivity contribution is 0.321. The molecule has 0 saturated carbocycles. The van der Waals surface area contributed by atoms with Crippen molar-refractivity contribution in [3.8, 4) is 6.07 Å². The molecule has 0 aliphatic rings. The molecule has 1 rings (SSSR count). The Morgan fingerprint density at radius 3 is 2.80 bits per heavy atom. The van der Waals surface area contributed by atoms with Crippen LogP contribution in [0.3, 0.4) is 0 Å². The number of hydrogen-bond donors (Lipinski definition) is 0. The molecule has 0 unspecified atom stereocenters. The molecule has 0 saturated heterocycles. The molecule has 6 heteroatoms. The van der Waals surface area contributed by atoms with E-state index in [0.717, 1.165) is 17.3 Å². The largest absolute Gasteiger partial charge is 0.215 e. The molecule has 1 aromatic rings. The van der Waals surface area contributed by atoms with E-state index in [1.165, 1.54) is 0 Å². The maximum atomic E-state index is 8.40. The zero-order valence-electron chi connectivity index (χ0n) is 9.27. The summed E-state index contributed by atoms with van der Waals surface area (Å²) in [6.45, 7) is 6.17. The fourth-order valence-corrected chi connectivity index (χ4v) is 2.00. The normalized spacial score (nSPS) is 11.3. The lowest BCUT2D eigenvalue weighted by atomic mass is 10.1. The first kappa shape index (κ1) is 12.0. The molecule has 0 aliphatic heterocycles. The van der Waals surface area contributed by atoms with Crippen molar-refractivity contribution in [3.05, 3.63) is 0 Å². The minimum Gasteiger partial charge on any atom is -0.215 e. The maximum Gasteiger partial charge on any atom is 0.209 e. The monoisotopic (exact) mass is 225 g/mol. The quantitative estimate of drug-likeness (QED) is 0.577. The number of nitriles is 1. The molecule has 1 aromatic heterocycles. The highest BCUT2D eigenvalue weighted by Crippen LogP contribution is 2.21. The second-order valence-corrected chi connectivity index (χ2v) is 5.22. The van der Waals surface area contributed by atoms with Gasteiger partial charge in [0.05, 0.1) is 11.6 Å². The number of hydrogen-bond acceptors (Lipinski definition) is 5. The highest BCUT2D eigenvalue weighted by Gasteiger charge is 2.19. The Labute approximate surface area is 93.9 Å². The zero-order valence-corrected chi connectivity index (χ0v) is 10.1. The Balaban J connectivity index is 2.55. The van der Waals surface area contributed by atoms with Crippen LogP contribution in [-0.4, -0.2) is 26.0 Å². The standard InChI is InChI=1S/C9H15N5S/c1-9(2,3)14-8(11-12-13-14)15-7-5-4-6-10/h4-5,7H2,1-3H3. The smallest absolute Gasteiger partial charge is 0.209 e. The molecule has 0 aliphatic carbocycles. The third-order valence-corrected chi connectivity index (χ3v) is 2.75. The summed E-state index contributed by atoms with van der Waals surface area (Å²) in [5.41, 5.74) is -0.0962. The Morgan fingerprint density at radius 2 is 2.20 bits per heavy atom. The highest BCUT2D eigenvalue weighted by atomic mass is 32.2. The molecule has 5 nitrogen and oxygen atoms in total. The molecule has 0 spiro atoms. The minimum absolute atomic E-state index is 0.0962. The van der Waals surface area contributed by atoms with Gasteiger partial charge in [-0.05, 0) is 37.6 Å². The maximum absolute atomic E-state index is 8.40. The molecule has 82 valence electrons. The topological polar surface area (TPSA) is 67.4 Å². The first-order chi connectivity index (χ1) is 7.05. The van der Waals surface area contributed by atoms with Gasteiger partial charge in [-0.15, -0.1) is 5.10 Å². The van der Waals surface area contributed by atoms with Crippen molar-refractivity contribution in [3.63, 3.8) is 0 Å². The van der Waals surface area contributed by atoms with Crippen LogP contribution >= 0.6 is 11.8 Å². The average molecular weight is 225 g/mol. The molecule has 0 aromatic carbocycles. The van der Waals surface area contributed by atoms with E-state index >= 15 is 0 Å². The summed E-state index contributed by atoms with van der Waals surface area (Å²) in [7, 11) is 0. The fraction of sp³-hybridized carbons (Fsp3) is 0.778. The third-order valence-electron chi connectivity index (χ3n) is 1.74. The van der Waals surface area contributed by atoms with Crippen LogP contribution in [0.5, 0.6) is 0 Å². The van der Waals surface area contributed by atoms with Gasteiger partial charge >= 0.3 is 0 Å². The summed E-state index contributed by atoms with van der Waals surface area (Å²) in [6, 6.07) is 2.12. The Morgan fingerprint density at radius 1 is 1.47 bits per heavy atom. The Bertz CT molecular complexity index is 346. The van der Waals surface area contributed by atoms with E-state index in [-0.39, 0.29) is 5.54 Å². The molecule has 0 amide bonds. The number of unbranched alkanes of at least 4 members (excludes halogenated alkanes) is 1. The van der Waals surface area contributed by atoms with Crippen molar-refractivity contribution < 1.29 is 0 Å². The summed E-state index contributed by atoms with van der Waals surface area (Å²) < 4.78 is 1.81. The highest BCUT2D eigenvalue weighted by molar-refractivity contribution is 7.99. The van der Waals surface area contributed by atoms with E-state index in [4.69, 9.17) is 5.26 Å². The summed E-state index contributed by atoms with van der Waals surface area (Å²) in [5, 5.41) is 20.8. The average Bonchev–Trinajstić information content (AvgIpc) is 2.59. The minimum atomic E-state index is -0.0962. The predicted molar refractivity (Wildman–Crippen MR) is 58.4 cm³/mol. The van der Waals surface area contributed by atoms with Crippen LogP contribution in [0.15, 0.2) is 5.16 Å². The zero-order chi connectivity index (χ0) is 11.3. The van der Waals surface area contributed by atoms with Crippen molar-refractivity contribution in [2.24, 2.45) is 0 Å². The van der Waals surface area contributed by atoms with Gasteiger partial charge in [0.15, 0.2) is 0 Å². The number of nitrogens with zero attached hydrogens (tertiary/aromatic N) is 5. The molecule has 15 heavy (non-hydrogen) atoms. The van der Waals surface area contributed by atoms with Gasteiger partial charge in [0, 0.05) is 12.2 Å². The molecule has 0 N–H and O–H groups in total. The van der Waals surface area contributed by atoms with Crippen molar-refractivity contribution in [1.29, 1.82) is 5.26 Å². The lowest BCUT2D eigenvalue weighted by Crippen LogP contribution is -2.24. The van der Waals surface area contributed by atoms with Crippen molar-refractivity contribution in [1.82, 2.24) is 20.2 Å². The van der Waals surface area contributed by atoms with Crippen molar-refractivity contribution >= 4 is 11.8 Å². The number of rotatable bonds is 4. The molecule has 1 heterocycles. The van der Waals surface area contributed by atoms with Gasteiger partial charge in [0.25, 0.3) is 0 Å². The predicted octanol–water partition coefficient (Wildman–Crippen LogP) is 1.82. The van der Waals surface area contributed by atoms with Crippen LogP contribution in [-0.2, 0) is 5.54 Å². The van der Waals surface area contributed by atoms with E-state index in [2.05, 4.69) is 42.4 Å². The van der Waals surface area contributed by atoms with Gasteiger partial charge < -0.3 is 0 Å². The van der Waals surface area contributed by atoms with Crippen LogP contribution in [0.4, 0.5) is 0 Å². The van der Waals surface area contributed by atoms with E-state index in [9.17, 15) is 0 Å². The van der Waals surface area contributed by atoms with E-state index in [1.54, 1.807) is 11.8 Å². The number of thioether (sulfide) groups is 1. The molecule has 0 atom stereocenters. The van der Waals surface area contributed by atoms with Gasteiger partial charge in [0.1, 0.15) is 0 Å². The van der Waals surface area contributed by atoms with Gasteiger partial charge in [0.2, 0.25) is 5.16 Å². The lowest BCUT2D eigenvalue weighted by Gasteiger charge is -2.19. The van der Waals surface area contributed by atoms with Gasteiger partial charge in [-0.2, -0.15) is 5.26 Å². The van der Waals surface area contributed by atoms with Crippen LogP contribution in [0.1, 0.15) is 33.6 Å². The van der Waals surface area contributed by atoms with E-state index in [1.807, 2.05) is 4.68 Å². The number of aromatic nitrogens is 4. The molecule has 0 radical (unpaired) electrons. The summed E-state index contributed by atoms with van der Waals surface area (Å²) in [5.74, 6) is 0.879. The van der Waals surface area contributed by atoms with Crippen molar-refractivity contribution in [2.45, 2.75) is 44.3 Å². The third kappa shape index (κ3) is 3.51. The van der Waals surface area contributed by atoms with Gasteiger partial charge in [-0.25, -0.2) is 4.68 Å². The summed E-state index contributed by atoms with van der Waals surface area (Å²) >= 11 is 1.60. The molecular weight excluding hydrogens is 210 g/mol. The summed E-state index contributed by atoms with van der Waals surface area (Å²) in [6.07, 6.45) is 1.46. The van der Waals surface area contributed by atoms with E-state index in [0.29, 0.717) is 6.42 Å². The fourth-order valence-electron chi connectivity index (χ4n) is 1.00. The van der Waals surface area contributed by atoms with E-state index < -0.39 is 0 Å². The second kappa shape index (κ2) is 5.12. The molecule has 0 fully saturated rings. The SMILES string of the molecule is CC(C)(C)n1nnnc1SCCCC#N. The molecular formula is C9H15N5S. The van der Waals surface area contributed by atoms with Gasteiger partial charge in [-0.3, -0.25) is 0 Å². The Hall–Kier alpha value is -1.09. The first-order valence-electron chi connectivity index (χ1n) is 4.84. The first-order valence-corrected chi connectivity index (χ1v) is 5.83. The van der Waals surface area contributed by atoms with Crippen LogP contribution in [0, 0.1) is 11.3 Å². The van der Waals surface area contributed by atoms with Crippen LogP contribution in [0.2, 0.25) is 0 Å². The van der Waals surface area contributed by atoms with Crippen LogP contribution in [0.25, 0.3) is 0 Å². The van der Waals surface area contributed by atoms with Crippen molar-refractivity contribution in [2.75, 3.05) is 5.75 Å². The van der Waals surface area contributed by atoms with Crippen LogP contribution < -0.4 is 0 Å².